The first-order chi connectivity index (χ1) is 14.3. The molecule has 1 aromatic heterocycles. The lowest BCUT2D eigenvalue weighted by Gasteiger charge is -2.20. The normalized spacial score (nSPS) is 14.6. The van der Waals surface area contributed by atoms with Gasteiger partial charge < -0.3 is 5.32 Å². The number of nitrogens with one attached hydrogen (secondary N) is 1. The summed E-state index contributed by atoms with van der Waals surface area (Å²) in [4.78, 5) is 34.1. The monoisotopic (exact) mass is 402 g/mol. The van der Waals surface area contributed by atoms with Gasteiger partial charge in [0.1, 0.15) is 12.1 Å². The summed E-state index contributed by atoms with van der Waals surface area (Å²) in [5.74, 6) is 0.631. The van der Waals surface area contributed by atoms with Crippen LogP contribution < -0.4 is 5.32 Å². The molecule has 1 aliphatic rings. The molecule has 0 spiro atoms. The molecule has 6 nitrogen and oxygen atoms in total. The summed E-state index contributed by atoms with van der Waals surface area (Å²) in [6, 6.07) is 14.1. The van der Waals surface area contributed by atoms with Crippen molar-refractivity contribution in [1.29, 1.82) is 0 Å². The lowest BCUT2D eigenvalue weighted by atomic mass is 9.97. The van der Waals surface area contributed by atoms with E-state index in [-0.39, 0.29) is 17.2 Å². The SMILES string of the molecule is CC(C)(C)CNc1ncnc2ccc(-c3cccc(CN4C(=O)CCC4=O)c3)cc12. The molecule has 1 N–H and O–H groups in total. The smallest absolute Gasteiger partial charge is 0.229 e. The third kappa shape index (κ3) is 4.32. The molecule has 0 atom stereocenters. The first kappa shape index (κ1) is 20.0. The Morgan fingerprint density at radius 2 is 1.70 bits per heavy atom. The molecular formula is C24H26N4O2. The van der Waals surface area contributed by atoms with Crippen LogP contribution in [0.25, 0.3) is 22.0 Å². The minimum atomic E-state index is -0.0946. The van der Waals surface area contributed by atoms with Crippen molar-refractivity contribution in [3.05, 3.63) is 54.4 Å². The summed E-state index contributed by atoms with van der Waals surface area (Å²) >= 11 is 0. The first-order valence-corrected chi connectivity index (χ1v) is 10.2. The molecule has 3 aromatic rings. The van der Waals surface area contributed by atoms with E-state index in [0.717, 1.165) is 40.0 Å². The number of carbonyl (C=O) groups is 2. The second-order valence-electron chi connectivity index (χ2n) is 8.94. The highest BCUT2D eigenvalue weighted by Gasteiger charge is 2.28. The van der Waals surface area contributed by atoms with Gasteiger partial charge in [-0.3, -0.25) is 14.5 Å². The van der Waals surface area contributed by atoms with Gasteiger partial charge in [-0.15, -0.1) is 0 Å². The number of imide groups is 1. The second-order valence-corrected chi connectivity index (χ2v) is 8.94. The Hall–Kier alpha value is -3.28. The van der Waals surface area contributed by atoms with E-state index in [1.54, 1.807) is 6.33 Å². The van der Waals surface area contributed by atoms with Crippen LogP contribution in [-0.2, 0) is 16.1 Å². The number of benzene rings is 2. The van der Waals surface area contributed by atoms with Crippen molar-refractivity contribution in [2.45, 2.75) is 40.2 Å². The number of aromatic nitrogens is 2. The van der Waals surface area contributed by atoms with E-state index in [2.05, 4.69) is 42.1 Å². The van der Waals surface area contributed by atoms with Crippen molar-refractivity contribution in [3.8, 4) is 11.1 Å². The number of nitrogens with zero attached hydrogens (tertiary/aromatic N) is 3. The molecule has 0 saturated carbocycles. The van der Waals surface area contributed by atoms with Gasteiger partial charge in [-0.25, -0.2) is 9.97 Å². The summed E-state index contributed by atoms with van der Waals surface area (Å²) in [5.41, 5.74) is 4.02. The molecule has 6 heteroatoms. The zero-order valence-corrected chi connectivity index (χ0v) is 17.6. The summed E-state index contributed by atoms with van der Waals surface area (Å²) in [5, 5.41) is 4.41. The van der Waals surface area contributed by atoms with Crippen molar-refractivity contribution in [2.24, 2.45) is 5.41 Å². The number of hydrogen-bond acceptors (Lipinski definition) is 5. The largest absolute Gasteiger partial charge is 0.369 e. The molecule has 2 heterocycles. The Morgan fingerprint density at radius 3 is 2.43 bits per heavy atom. The summed E-state index contributed by atoms with van der Waals surface area (Å²) in [6.45, 7) is 7.65. The van der Waals surface area contributed by atoms with Gasteiger partial charge in [0.25, 0.3) is 0 Å². The van der Waals surface area contributed by atoms with E-state index in [1.165, 1.54) is 4.90 Å². The molecule has 154 valence electrons. The standard InChI is InChI=1S/C24H26N4O2/c1-24(2,3)14-25-23-19-12-18(7-8-20(19)26-15-27-23)17-6-4-5-16(11-17)13-28-21(29)9-10-22(28)30/h4-8,11-12,15H,9-10,13-14H2,1-3H3,(H,25,26,27). The fraction of sp³-hybridized carbons (Fsp3) is 0.333. The molecule has 1 aliphatic heterocycles. The van der Waals surface area contributed by atoms with Gasteiger partial charge in [0.2, 0.25) is 11.8 Å². The van der Waals surface area contributed by atoms with Gasteiger partial charge in [-0.2, -0.15) is 0 Å². The van der Waals surface area contributed by atoms with Gasteiger partial charge in [-0.1, -0.05) is 45.0 Å². The highest BCUT2D eigenvalue weighted by atomic mass is 16.2. The van der Waals surface area contributed by atoms with Crippen LogP contribution in [0.2, 0.25) is 0 Å². The Bertz CT molecular complexity index is 1100. The lowest BCUT2D eigenvalue weighted by Crippen LogP contribution is -2.28. The summed E-state index contributed by atoms with van der Waals surface area (Å²) in [6.07, 6.45) is 2.21. The number of hydrogen-bond donors (Lipinski definition) is 1. The third-order valence-corrected chi connectivity index (χ3v) is 5.18. The molecule has 4 rings (SSSR count). The van der Waals surface area contributed by atoms with Crippen molar-refractivity contribution in [1.82, 2.24) is 14.9 Å². The summed E-state index contributed by atoms with van der Waals surface area (Å²) in [7, 11) is 0. The first-order valence-electron chi connectivity index (χ1n) is 10.2. The molecule has 30 heavy (non-hydrogen) atoms. The molecule has 2 aromatic carbocycles. The van der Waals surface area contributed by atoms with Gasteiger partial charge in [0.15, 0.2) is 0 Å². The number of likely N-dealkylation sites (tertiary alicyclic amines) is 1. The van der Waals surface area contributed by atoms with Crippen LogP contribution in [0.5, 0.6) is 0 Å². The average Bonchev–Trinajstić information content (AvgIpc) is 3.03. The van der Waals surface area contributed by atoms with E-state index < -0.39 is 0 Å². The molecule has 1 fully saturated rings. The number of amides is 2. The fourth-order valence-corrected chi connectivity index (χ4v) is 3.56. The van der Waals surface area contributed by atoms with Crippen LogP contribution in [0.3, 0.4) is 0 Å². The van der Waals surface area contributed by atoms with Gasteiger partial charge in [0, 0.05) is 24.8 Å². The van der Waals surface area contributed by atoms with Crippen molar-refractivity contribution >= 4 is 28.5 Å². The second kappa shape index (κ2) is 7.86. The predicted octanol–water partition coefficient (Wildman–Crippen LogP) is 4.40. The zero-order chi connectivity index (χ0) is 21.3. The van der Waals surface area contributed by atoms with Crippen LogP contribution in [-0.4, -0.2) is 33.2 Å². The third-order valence-electron chi connectivity index (χ3n) is 5.18. The molecular weight excluding hydrogens is 376 g/mol. The van der Waals surface area contributed by atoms with Crippen molar-refractivity contribution in [2.75, 3.05) is 11.9 Å². The maximum Gasteiger partial charge on any atom is 0.229 e. The number of fused-ring (bicyclic) bond motifs is 1. The lowest BCUT2D eigenvalue weighted by molar-refractivity contribution is -0.139. The summed E-state index contributed by atoms with van der Waals surface area (Å²) < 4.78 is 0. The minimum Gasteiger partial charge on any atom is -0.369 e. The van der Waals surface area contributed by atoms with E-state index in [1.807, 2.05) is 36.4 Å². The number of anilines is 1. The molecule has 2 amide bonds. The number of rotatable bonds is 5. The Morgan fingerprint density at radius 1 is 0.967 bits per heavy atom. The van der Waals surface area contributed by atoms with E-state index in [9.17, 15) is 9.59 Å². The maximum atomic E-state index is 11.9. The molecule has 0 bridgehead atoms. The van der Waals surface area contributed by atoms with Crippen LogP contribution in [0.1, 0.15) is 39.2 Å². The quantitative estimate of drug-likeness (QED) is 0.640. The van der Waals surface area contributed by atoms with Gasteiger partial charge >= 0.3 is 0 Å². The predicted molar refractivity (Wildman–Crippen MR) is 118 cm³/mol. The van der Waals surface area contributed by atoms with Crippen LogP contribution in [0.4, 0.5) is 5.82 Å². The van der Waals surface area contributed by atoms with Gasteiger partial charge in [-0.05, 0) is 40.3 Å². The maximum absolute atomic E-state index is 11.9. The Kier molecular flexibility index (Phi) is 5.24. The van der Waals surface area contributed by atoms with Crippen LogP contribution in [0.15, 0.2) is 48.8 Å². The Balaban J connectivity index is 1.64. The topological polar surface area (TPSA) is 75.2 Å². The van der Waals surface area contributed by atoms with Crippen LogP contribution in [0, 0.1) is 5.41 Å². The number of carbonyl (C=O) groups excluding carboxylic acids is 2. The fourth-order valence-electron chi connectivity index (χ4n) is 3.56. The molecule has 1 saturated heterocycles. The van der Waals surface area contributed by atoms with Crippen molar-refractivity contribution < 1.29 is 9.59 Å². The molecule has 0 aliphatic carbocycles. The highest BCUT2D eigenvalue weighted by Crippen LogP contribution is 2.29. The molecule has 0 radical (unpaired) electrons. The zero-order valence-electron chi connectivity index (χ0n) is 17.6. The average molecular weight is 402 g/mol. The van der Waals surface area contributed by atoms with Gasteiger partial charge in [0.05, 0.1) is 12.1 Å². The Labute approximate surface area is 176 Å². The van der Waals surface area contributed by atoms with E-state index in [0.29, 0.717) is 19.4 Å². The van der Waals surface area contributed by atoms with Crippen LogP contribution >= 0.6 is 0 Å². The van der Waals surface area contributed by atoms with E-state index in [4.69, 9.17) is 0 Å². The molecule has 0 unspecified atom stereocenters. The van der Waals surface area contributed by atoms with Crippen molar-refractivity contribution in [3.63, 3.8) is 0 Å². The minimum absolute atomic E-state index is 0.0946. The van der Waals surface area contributed by atoms with E-state index >= 15 is 0 Å². The highest BCUT2D eigenvalue weighted by molar-refractivity contribution is 6.01.